The second-order valence-electron chi connectivity index (χ2n) is 22.3. The molecular formula is C56H58F4N12O4S. The van der Waals surface area contributed by atoms with Crippen molar-refractivity contribution in [3.63, 3.8) is 0 Å². The molecule has 7 fully saturated rings. The Bertz CT molecular complexity index is 3540. The molecule has 7 aliphatic rings. The number of likely N-dealkylation sites (N-methyl/N-ethyl adjacent to an activating group) is 1. The van der Waals surface area contributed by atoms with Crippen molar-refractivity contribution in [2.75, 3.05) is 34.2 Å². The molecule has 8 aromatic heterocycles. The molecule has 0 amide bonds. The molecule has 6 saturated carbocycles. The van der Waals surface area contributed by atoms with Crippen LogP contribution >= 0.6 is 11.3 Å². The van der Waals surface area contributed by atoms with Crippen molar-refractivity contribution >= 4 is 45.3 Å². The quantitative estimate of drug-likeness (QED) is 0.0794. The zero-order chi connectivity index (χ0) is 53.4. The molecule has 0 radical (unpaired) electrons. The fraction of sp³-hybridized carbons (Fsp3) is 0.446. The minimum atomic E-state index is -0.811. The molecule has 4 bridgehead atoms. The van der Waals surface area contributed by atoms with E-state index in [0.717, 1.165) is 88.3 Å². The van der Waals surface area contributed by atoms with Gasteiger partial charge in [0.25, 0.3) is 0 Å². The molecule has 4 N–H and O–H groups in total. The van der Waals surface area contributed by atoms with Crippen LogP contribution in [0.2, 0.25) is 0 Å². The number of H-pyrrole nitrogens is 2. The highest BCUT2D eigenvalue weighted by atomic mass is 32.1. The van der Waals surface area contributed by atoms with Gasteiger partial charge in [-0.25, -0.2) is 47.5 Å². The van der Waals surface area contributed by atoms with Gasteiger partial charge in [0.15, 0.2) is 23.3 Å². The maximum Gasteiger partial charge on any atom is 0.307 e. The minimum absolute atomic E-state index is 0.112. The third-order valence-corrected chi connectivity index (χ3v) is 18.1. The molecule has 0 aromatic carbocycles. The second kappa shape index (κ2) is 20.4. The van der Waals surface area contributed by atoms with Crippen LogP contribution < -0.4 is 0 Å². The summed E-state index contributed by atoms with van der Waals surface area (Å²) in [5.74, 6) is -3.86. The number of aromatic nitrogens is 10. The van der Waals surface area contributed by atoms with Crippen LogP contribution in [-0.4, -0.2) is 116 Å². The Hall–Kier alpha value is -6.97. The van der Waals surface area contributed by atoms with Crippen molar-refractivity contribution in [1.82, 2.24) is 59.5 Å². The highest BCUT2D eigenvalue weighted by Gasteiger charge is 2.49. The topological polar surface area (TPSA) is 208 Å². The number of hydrogen-bond acceptors (Lipinski definition) is 12. The van der Waals surface area contributed by atoms with Gasteiger partial charge < -0.3 is 30.0 Å². The summed E-state index contributed by atoms with van der Waals surface area (Å²) in [5.41, 5.74) is 3.86. The minimum Gasteiger partial charge on any atom is -0.481 e. The van der Waals surface area contributed by atoms with Crippen LogP contribution in [0, 0.1) is 70.6 Å². The van der Waals surface area contributed by atoms with Gasteiger partial charge in [0, 0.05) is 81.5 Å². The second-order valence-corrected chi connectivity index (χ2v) is 23.3. The fourth-order valence-corrected chi connectivity index (χ4v) is 14.5. The number of fused-ring (bicyclic) bond motifs is 8. The zero-order valence-corrected chi connectivity index (χ0v) is 43.6. The smallest absolute Gasteiger partial charge is 0.307 e. The van der Waals surface area contributed by atoms with E-state index in [-0.39, 0.29) is 88.8 Å². The number of carboxylic acid groups (broad SMARTS) is 2. The number of likely N-dealkylation sites (tertiary alicyclic amines) is 1. The zero-order valence-electron chi connectivity index (χ0n) is 42.8. The first kappa shape index (κ1) is 50.8. The van der Waals surface area contributed by atoms with Gasteiger partial charge in [-0.2, -0.15) is 5.10 Å². The summed E-state index contributed by atoms with van der Waals surface area (Å²) in [7, 11) is 5.98. The van der Waals surface area contributed by atoms with E-state index in [0.29, 0.717) is 44.3 Å². The Morgan fingerprint density at radius 3 is 1.62 bits per heavy atom. The lowest BCUT2D eigenvalue weighted by Crippen LogP contribution is -2.45. The van der Waals surface area contributed by atoms with Crippen LogP contribution in [0.3, 0.4) is 0 Å². The number of rotatable bonds is 13. The van der Waals surface area contributed by atoms with Gasteiger partial charge in [-0.3, -0.25) is 14.3 Å². The SMILES string of the molecule is CN(C)Cc1cc(-c2nc(-c3c[nH]c4ncc(F)cc34)nc(C[C@H]3C4CCC(CC4)[C@@H]3C(=O)O)c2F)cs1.CN1CC(n2cc(-c3nc(-c4c[nH]c5ncc(F)cc45)nc(C[C@H]4C5CCC(CC5)[C@@H]4C(=O)O)c3F)cn2)C1. The van der Waals surface area contributed by atoms with Gasteiger partial charge in [0.1, 0.15) is 34.3 Å². The number of thiophene rings is 1. The van der Waals surface area contributed by atoms with Gasteiger partial charge in [0.05, 0.1) is 47.9 Å². The van der Waals surface area contributed by atoms with Crippen molar-refractivity contribution in [2.24, 2.45) is 47.3 Å². The summed E-state index contributed by atoms with van der Waals surface area (Å²) in [6, 6.07) is 4.86. The third-order valence-electron chi connectivity index (χ3n) is 17.2. The highest BCUT2D eigenvalue weighted by Crippen LogP contribution is 2.52. The average Bonchev–Trinajstić information content (AvgIpc) is 4.28. The van der Waals surface area contributed by atoms with Crippen molar-refractivity contribution in [3.05, 3.63) is 100 Å². The number of nitrogens with one attached hydrogen (secondary N) is 2. The predicted molar refractivity (Wildman–Crippen MR) is 280 cm³/mol. The van der Waals surface area contributed by atoms with Crippen LogP contribution in [0.25, 0.3) is 67.4 Å². The largest absolute Gasteiger partial charge is 0.481 e. The molecule has 1 saturated heterocycles. The first-order chi connectivity index (χ1) is 37.1. The lowest BCUT2D eigenvalue weighted by Gasteiger charge is -2.46. The number of aromatic amines is 2. The van der Waals surface area contributed by atoms with Crippen LogP contribution in [-0.2, 0) is 29.0 Å². The van der Waals surface area contributed by atoms with Crippen LogP contribution in [0.1, 0.15) is 73.7 Å². The maximum absolute atomic E-state index is 16.3. The van der Waals surface area contributed by atoms with Gasteiger partial charge in [-0.1, -0.05) is 0 Å². The molecule has 0 unspecified atom stereocenters. The average molecular weight is 1070 g/mol. The standard InChI is InChI=1S/C28H29F2N7O2.C28H29F2N5O2S/c1-36-12-18(13-36)37-11-16(8-33-37)25-24(30)22(7-19-14-2-4-15(5-3-14)23(19)28(38)39)34-27(35-25)21-10-32-26-20(21)6-17(29)9-31-26;1-35(2)12-18-7-16(13-38-18)25-24(30)22(9-19-14-3-5-15(6-4-14)23(19)28(36)37)33-27(34-25)21-11-32-26-20(21)8-17(29)10-31-26/h6,8-11,14-15,18-19,23H,2-5,7,12-13H2,1H3,(H,31,32)(H,38,39);7-8,10-11,13-15,19,23H,3-6,9,12H2,1-2H3,(H,31,32)(H,36,37)/t2*14?,15?,19-,23-/m00/s1. The van der Waals surface area contributed by atoms with Gasteiger partial charge >= 0.3 is 11.9 Å². The Morgan fingerprint density at radius 1 is 0.675 bits per heavy atom. The number of halogens is 4. The van der Waals surface area contributed by atoms with Crippen molar-refractivity contribution in [1.29, 1.82) is 0 Å². The van der Waals surface area contributed by atoms with Crippen LogP contribution in [0.5, 0.6) is 0 Å². The van der Waals surface area contributed by atoms with Crippen LogP contribution in [0.15, 0.2) is 60.8 Å². The molecule has 16 nitrogen and oxygen atoms in total. The molecular weight excluding hydrogens is 1010 g/mol. The van der Waals surface area contributed by atoms with E-state index in [1.54, 1.807) is 24.8 Å². The molecule has 8 aromatic rings. The van der Waals surface area contributed by atoms with Crippen molar-refractivity contribution in [2.45, 2.75) is 76.8 Å². The fourth-order valence-electron chi connectivity index (χ4n) is 13.6. The molecule has 77 heavy (non-hydrogen) atoms. The van der Waals surface area contributed by atoms with Crippen molar-refractivity contribution < 1.29 is 37.4 Å². The summed E-state index contributed by atoms with van der Waals surface area (Å²) in [5, 5.41) is 27.5. The molecule has 400 valence electrons. The lowest BCUT2D eigenvalue weighted by molar-refractivity contribution is -0.153. The van der Waals surface area contributed by atoms with E-state index in [2.05, 4.69) is 49.9 Å². The maximum atomic E-state index is 16.3. The van der Waals surface area contributed by atoms with E-state index in [9.17, 15) is 28.6 Å². The third kappa shape index (κ3) is 9.68. The Morgan fingerprint density at radius 2 is 1.16 bits per heavy atom. The normalized spacial score (nSPS) is 24.2. The Labute approximate surface area is 444 Å². The van der Waals surface area contributed by atoms with Gasteiger partial charge in [-0.15, -0.1) is 11.3 Å². The summed E-state index contributed by atoms with van der Waals surface area (Å²) in [4.78, 5) is 62.6. The predicted octanol–water partition coefficient (Wildman–Crippen LogP) is 10.1. The van der Waals surface area contributed by atoms with Crippen molar-refractivity contribution in [3.8, 4) is 45.3 Å². The number of hydrogen-bond donors (Lipinski definition) is 4. The van der Waals surface area contributed by atoms with E-state index in [1.807, 2.05) is 42.2 Å². The molecule has 21 heteroatoms. The monoisotopic (exact) mass is 1070 g/mol. The van der Waals surface area contributed by atoms with Gasteiger partial charge in [0.2, 0.25) is 0 Å². The van der Waals surface area contributed by atoms with Gasteiger partial charge in [-0.05, 0) is 139 Å². The Balaban J connectivity index is 0.000000155. The number of nitrogens with zero attached hydrogens (tertiary/aromatic N) is 10. The molecule has 1 aliphatic heterocycles. The molecule has 9 heterocycles. The number of pyridine rings is 2. The summed E-state index contributed by atoms with van der Waals surface area (Å²) < 4.78 is 62.5. The highest BCUT2D eigenvalue weighted by molar-refractivity contribution is 7.10. The number of aliphatic carboxylic acids is 2. The van der Waals surface area contributed by atoms with E-state index >= 15 is 8.78 Å². The summed E-state index contributed by atoms with van der Waals surface area (Å²) in [6.07, 6.45) is 16.9. The van der Waals surface area contributed by atoms with E-state index in [4.69, 9.17) is 0 Å². The lowest BCUT2D eigenvalue weighted by atomic mass is 9.57. The number of carbonyl (C=O) groups is 2. The molecule has 4 atom stereocenters. The first-order valence-corrected chi connectivity index (χ1v) is 27.3. The van der Waals surface area contributed by atoms with Crippen LogP contribution in [0.4, 0.5) is 17.6 Å². The summed E-state index contributed by atoms with van der Waals surface area (Å²) in [6.45, 7) is 2.44. The Kier molecular flexibility index (Phi) is 13.5. The number of carboxylic acids is 2. The first-order valence-electron chi connectivity index (χ1n) is 26.4. The molecule has 15 rings (SSSR count). The van der Waals surface area contributed by atoms with E-state index in [1.165, 1.54) is 23.5 Å². The molecule has 6 aliphatic carbocycles. The van der Waals surface area contributed by atoms with E-state index < -0.39 is 47.0 Å². The molecule has 0 spiro atoms. The summed E-state index contributed by atoms with van der Waals surface area (Å²) >= 11 is 1.53.